The van der Waals surface area contributed by atoms with E-state index in [0.29, 0.717) is 44.0 Å². The fraction of sp³-hybridized carbons (Fsp3) is 0.684. The van der Waals surface area contributed by atoms with Crippen LogP contribution in [0.5, 0.6) is 0 Å². The van der Waals surface area contributed by atoms with Crippen LogP contribution in [0.2, 0.25) is 0 Å². The number of hydrogen-bond donors (Lipinski definition) is 2. The first-order valence-corrected chi connectivity index (χ1v) is 11.7. The van der Waals surface area contributed by atoms with Crippen LogP contribution < -0.4 is 4.72 Å². The van der Waals surface area contributed by atoms with Gasteiger partial charge in [-0.3, -0.25) is 9.21 Å². The van der Waals surface area contributed by atoms with E-state index in [4.69, 9.17) is 9.47 Å². The summed E-state index contributed by atoms with van der Waals surface area (Å²) in [6.45, 7) is 8.52. The predicted molar refractivity (Wildman–Crippen MR) is 112 cm³/mol. The number of nitrogens with zero attached hydrogens (tertiary/aromatic N) is 2. The van der Waals surface area contributed by atoms with Crippen molar-refractivity contribution in [2.45, 2.75) is 30.2 Å². The average molecular weight is 430 g/mol. The van der Waals surface area contributed by atoms with Crippen molar-refractivity contribution in [3.05, 3.63) is 29.8 Å². The van der Waals surface area contributed by atoms with E-state index >= 15 is 0 Å². The molecule has 158 valence electrons. The summed E-state index contributed by atoms with van der Waals surface area (Å²) in [6, 6.07) is 6.93. The second kappa shape index (κ2) is 9.88. The summed E-state index contributed by atoms with van der Waals surface area (Å²) in [5, 5.41) is 0. The minimum absolute atomic E-state index is 0.291. The van der Waals surface area contributed by atoms with Crippen molar-refractivity contribution in [3.63, 3.8) is 0 Å². The number of piperidine rings is 1. The lowest BCUT2D eigenvalue weighted by atomic mass is 9.90. The van der Waals surface area contributed by atoms with Crippen LogP contribution in [0.15, 0.2) is 29.2 Å². The number of aryl methyl sites for hydroxylation is 1. The Hall–Kier alpha value is -0.680. The van der Waals surface area contributed by atoms with Crippen molar-refractivity contribution in [2.75, 3.05) is 59.2 Å². The molecular weight excluding hydrogens is 398 g/mol. The molecule has 2 fully saturated rings. The number of nitrogens with one attached hydrogen (secondary N) is 1. The Labute approximate surface area is 174 Å². The van der Waals surface area contributed by atoms with Crippen molar-refractivity contribution in [1.82, 2.24) is 13.9 Å². The zero-order chi connectivity index (χ0) is 20.0. The van der Waals surface area contributed by atoms with Gasteiger partial charge in [0.2, 0.25) is 10.0 Å². The van der Waals surface area contributed by atoms with Crippen molar-refractivity contribution in [3.8, 4) is 0 Å². The summed E-state index contributed by atoms with van der Waals surface area (Å²) in [5.41, 5.74) is 0.428. The van der Waals surface area contributed by atoms with Gasteiger partial charge in [-0.2, -0.15) is 0 Å². The topological polar surface area (TPSA) is 71.1 Å². The number of thiol groups is 1. The molecule has 0 amide bonds. The second-order valence-electron chi connectivity index (χ2n) is 7.66. The molecule has 9 heteroatoms. The van der Waals surface area contributed by atoms with Crippen LogP contribution in [0.25, 0.3) is 0 Å². The van der Waals surface area contributed by atoms with Gasteiger partial charge in [-0.05, 0) is 31.9 Å². The predicted octanol–water partition coefficient (Wildman–Crippen LogP) is 1.30. The lowest BCUT2D eigenvalue weighted by Gasteiger charge is -2.40. The highest BCUT2D eigenvalue weighted by Gasteiger charge is 2.38. The number of sulfonamides is 1. The molecule has 0 aliphatic carbocycles. The van der Waals surface area contributed by atoms with Gasteiger partial charge in [-0.15, -0.1) is 0 Å². The molecule has 1 aromatic carbocycles. The summed E-state index contributed by atoms with van der Waals surface area (Å²) < 4.78 is 42.1. The maximum absolute atomic E-state index is 13.0. The highest BCUT2D eigenvalue weighted by molar-refractivity contribution is 7.89. The molecule has 3 rings (SSSR count). The summed E-state index contributed by atoms with van der Waals surface area (Å²) in [6.07, 6.45) is 1.33. The zero-order valence-corrected chi connectivity index (χ0v) is 18.2. The van der Waals surface area contributed by atoms with Gasteiger partial charge in [-0.25, -0.2) is 13.1 Å². The molecule has 1 aromatic rings. The quantitative estimate of drug-likeness (QED) is 0.480. The Morgan fingerprint density at radius 2 is 1.79 bits per heavy atom. The van der Waals surface area contributed by atoms with Gasteiger partial charge in [0.25, 0.3) is 0 Å². The summed E-state index contributed by atoms with van der Waals surface area (Å²) in [7, 11) is -3.61. The fourth-order valence-corrected chi connectivity index (χ4v) is 5.19. The summed E-state index contributed by atoms with van der Waals surface area (Å²) in [5.74, 6) is 0. The molecule has 7 nitrogen and oxygen atoms in total. The van der Waals surface area contributed by atoms with Crippen LogP contribution in [0.4, 0.5) is 0 Å². The van der Waals surface area contributed by atoms with Crippen LogP contribution in [0.1, 0.15) is 18.4 Å². The molecule has 0 aromatic heterocycles. The van der Waals surface area contributed by atoms with Crippen LogP contribution in [-0.4, -0.2) is 82.3 Å². The zero-order valence-electron chi connectivity index (χ0n) is 16.5. The largest absolute Gasteiger partial charge is 0.379 e. The average Bonchev–Trinajstić information content (AvgIpc) is 2.69. The monoisotopic (exact) mass is 429 g/mol. The molecule has 2 aliphatic heterocycles. The first kappa shape index (κ1) is 22.0. The molecule has 2 heterocycles. The molecule has 1 N–H and O–H groups in total. The molecule has 2 aliphatic rings. The van der Waals surface area contributed by atoms with Crippen LogP contribution in [0, 0.1) is 6.92 Å². The maximum Gasteiger partial charge on any atom is 0.241 e. The fourth-order valence-electron chi connectivity index (χ4n) is 3.55. The number of hydrogen-bond acceptors (Lipinski definition) is 7. The number of morpholine rings is 1. The van der Waals surface area contributed by atoms with Crippen LogP contribution >= 0.6 is 12.8 Å². The first-order chi connectivity index (χ1) is 13.4. The van der Waals surface area contributed by atoms with Gasteiger partial charge < -0.3 is 9.47 Å². The maximum atomic E-state index is 13.0. The third-order valence-electron chi connectivity index (χ3n) is 5.41. The van der Waals surface area contributed by atoms with E-state index in [9.17, 15) is 8.42 Å². The Morgan fingerprint density at radius 1 is 1.14 bits per heavy atom. The summed E-state index contributed by atoms with van der Waals surface area (Å²) in [4.78, 5) is 2.60. The van der Waals surface area contributed by atoms with Gasteiger partial charge in [0.05, 0.1) is 36.9 Å². The van der Waals surface area contributed by atoms with E-state index in [-0.39, 0.29) is 0 Å². The molecule has 2 saturated heterocycles. The minimum Gasteiger partial charge on any atom is -0.379 e. The Bertz CT molecular complexity index is 713. The van der Waals surface area contributed by atoms with Gasteiger partial charge in [0.15, 0.2) is 0 Å². The third-order valence-corrected chi connectivity index (χ3v) is 7.41. The molecule has 0 spiro atoms. The highest BCUT2D eigenvalue weighted by Crippen LogP contribution is 2.26. The molecule has 0 bridgehead atoms. The van der Waals surface area contributed by atoms with Crippen molar-refractivity contribution in [2.24, 2.45) is 0 Å². The Morgan fingerprint density at radius 3 is 2.43 bits per heavy atom. The van der Waals surface area contributed by atoms with Crippen LogP contribution in [-0.2, 0) is 19.5 Å². The smallest absolute Gasteiger partial charge is 0.241 e. The van der Waals surface area contributed by atoms with Gasteiger partial charge in [0.1, 0.15) is 0 Å². The second-order valence-corrected chi connectivity index (χ2v) is 9.91. The van der Waals surface area contributed by atoms with Crippen molar-refractivity contribution < 1.29 is 17.9 Å². The lowest BCUT2D eigenvalue weighted by Crippen LogP contribution is -2.57. The number of ether oxygens (including phenoxy) is 2. The Balaban J connectivity index is 1.61. The molecule has 0 radical (unpaired) electrons. The van der Waals surface area contributed by atoms with E-state index in [2.05, 4.69) is 22.4 Å². The first-order valence-electron chi connectivity index (χ1n) is 9.81. The lowest BCUT2D eigenvalue weighted by molar-refractivity contribution is 0.00692. The van der Waals surface area contributed by atoms with Crippen molar-refractivity contribution in [1.29, 1.82) is 0 Å². The van der Waals surface area contributed by atoms with Gasteiger partial charge in [0, 0.05) is 32.7 Å². The van der Waals surface area contributed by atoms with E-state index in [1.54, 1.807) is 12.1 Å². The van der Waals surface area contributed by atoms with Crippen LogP contribution in [0.3, 0.4) is 0 Å². The number of rotatable bonds is 8. The third kappa shape index (κ3) is 6.16. The standard InChI is InChI=1S/C19H31N3O4S2/c1-17-2-4-18(5-3-17)28(23,24)20-19(6-8-22(27)9-7-19)16-26-15-12-21-10-13-25-14-11-21/h2-5,20,27H,6-16H2,1H3. The van der Waals surface area contributed by atoms with E-state index < -0.39 is 15.6 Å². The van der Waals surface area contributed by atoms with Gasteiger partial charge >= 0.3 is 0 Å². The normalized spacial score (nSPS) is 21.6. The Kier molecular flexibility index (Phi) is 7.77. The molecule has 28 heavy (non-hydrogen) atoms. The van der Waals surface area contributed by atoms with E-state index in [1.165, 1.54) is 0 Å². The number of benzene rings is 1. The molecule has 0 unspecified atom stereocenters. The highest BCUT2D eigenvalue weighted by atomic mass is 32.2. The van der Waals surface area contributed by atoms with E-state index in [1.807, 2.05) is 23.4 Å². The molecular formula is C19H31N3O4S2. The minimum atomic E-state index is -3.61. The van der Waals surface area contributed by atoms with E-state index in [0.717, 1.165) is 38.4 Å². The van der Waals surface area contributed by atoms with Crippen molar-refractivity contribution >= 4 is 22.8 Å². The SMILES string of the molecule is Cc1ccc(S(=O)(=O)NC2(COCCN3CCOCC3)CCN(S)CC2)cc1. The summed E-state index contributed by atoms with van der Waals surface area (Å²) >= 11 is 4.41. The van der Waals surface area contributed by atoms with Gasteiger partial charge in [-0.1, -0.05) is 30.5 Å². The molecule has 0 atom stereocenters. The molecule has 0 saturated carbocycles.